The van der Waals surface area contributed by atoms with Crippen LogP contribution >= 0.6 is 24.0 Å². The fourth-order valence-electron chi connectivity index (χ4n) is 3.16. The van der Waals surface area contributed by atoms with Gasteiger partial charge in [0.2, 0.25) is 0 Å². The van der Waals surface area contributed by atoms with Crippen molar-refractivity contribution < 1.29 is 14.3 Å². The molecule has 1 aliphatic heterocycles. The average molecular weight is 422 g/mol. The third kappa shape index (κ3) is 3.99. The predicted molar refractivity (Wildman–Crippen MR) is 122 cm³/mol. The highest BCUT2D eigenvalue weighted by molar-refractivity contribution is 8.26. The van der Waals surface area contributed by atoms with E-state index < -0.39 is 0 Å². The Labute approximate surface area is 179 Å². The lowest BCUT2D eigenvalue weighted by molar-refractivity contribution is -0.121. The standard InChI is InChI=1S/C23H19NO3S2/c1-24-22(25)21(29-23(24)28)13-15-10-11-19(20(12-15)26-2)27-14-17-8-5-7-16-6-3-4-9-18(16)17/h3-13H,14H2,1-2H3. The minimum absolute atomic E-state index is 0.0877. The van der Waals surface area contributed by atoms with Crippen molar-refractivity contribution in [1.29, 1.82) is 0 Å². The first-order valence-corrected chi connectivity index (χ1v) is 10.3. The minimum Gasteiger partial charge on any atom is -0.493 e. The lowest BCUT2D eigenvalue weighted by Gasteiger charge is -2.13. The molecule has 3 aromatic carbocycles. The smallest absolute Gasteiger partial charge is 0.265 e. The van der Waals surface area contributed by atoms with E-state index in [2.05, 4.69) is 24.3 Å². The lowest BCUT2D eigenvalue weighted by atomic mass is 10.1. The number of carbonyl (C=O) groups excluding carboxylic acids is 1. The highest BCUT2D eigenvalue weighted by Crippen LogP contribution is 2.34. The monoisotopic (exact) mass is 421 g/mol. The van der Waals surface area contributed by atoms with Crippen LogP contribution < -0.4 is 9.47 Å². The molecular formula is C23H19NO3S2. The summed E-state index contributed by atoms with van der Waals surface area (Å²) in [7, 11) is 3.29. The number of thioether (sulfide) groups is 1. The van der Waals surface area contributed by atoms with Gasteiger partial charge in [0.05, 0.1) is 12.0 Å². The van der Waals surface area contributed by atoms with Gasteiger partial charge in [-0.1, -0.05) is 72.5 Å². The Bertz CT molecular complexity index is 1130. The molecule has 0 atom stereocenters. The number of hydrogen-bond donors (Lipinski definition) is 0. The maximum Gasteiger partial charge on any atom is 0.265 e. The predicted octanol–water partition coefficient (Wildman–Crippen LogP) is 5.26. The fraction of sp³-hybridized carbons (Fsp3) is 0.130. The number of benzene rings is 3. The maximum atomic E-state index is 12.2. The molecule has 0 unspecified atom stereocenters. The molecule has 0 saturated carbocycles. The number of amides is 1. The van der Waals surface area contributed by atoms with Crippen LogP contribution in [0.25, 0.3) is 16.8 Å². The van der Waals surface area contributed by atoms with Crippen LogP contribution in [-0.2, 0) is 11.4 Å². The molecule has 0 radical (unpaired) electrons. The molecule has 6 heteroatoms. The van der Waals surface area contributed by atoms with Gasteiger partial charge in [-0.2, -0.15) is 0 Å². The quantitative estimate of drug-likeness (QED) is 0.415. The molecule has 0 spiro atoms. The second kappa shape index (κ2) is 8.27. The Hall–Kier alpha value is -2.83. The van der Waals surface area contributed by atoms with Crippen molar-refractivity contribution >= 4 is 51.1 Å². The van der Waals surface area contributed by atoms with Crippen molar-refractivity contribution in [3.05, 3.63) is 76.7 Å². The Morgan fingerprint density at radius 3 is 2.62 bits per heavy atom. The maximum absolute atomic E-state index is 12.2. The second-order valence-electron chi connectivity index (χ2n) is 6.58. The molecule has 1 saturated heterocycles. The summed E-state index contributed by atoms with van der Waals surface area (Å²) in [5, 5.41) is 2.36. The molecule has 0 aromatic heterocycles. The van der Waals surface area contributed by atoms with Crippen molar-refractivity contribution in [1.82, 2.24) is 4.90 Å². The van der Waals surface area contributed by atoms with Gasteiger partial charge in [0.15, 0.2) is 11.5 Å². The van der Waals surface area contributed by atoms with E-state index in [0.717, 1.165) is 11.1 Å². The first-order valence-electron chi connectivity index (χ1n) is 9.06. The zero-order valence-electron chi connectivity index (χ0n) is 16.0. The summed E-state index contributed by atoms with van der Waals surface area (Å²) in [6.45, 7) is 0.436. The number of thiocarbonyl (C=S) groups is 1. The van der Waals surface area contributed by atoms with E-state index in [1.165, 1.54) is 27.4 Å². The SMILES string of the molecule is COc1cc(C=C2SC(=S)N(C)C2=O)ccc1OCc1cccc2ccccc12. The van der Waals surface area contributed by atoms with E-state index in [1.807, 2.05) is 42.5 Å². The number of ether oxygens (including phenoxy) is 2. The molecule has 0 bridgehead atoms. The van der Waals surface area contributed by atoms with Crippen molar-refractivity contribution in [2.24, 2.45) is 0 Å². The Morgan fingerprint density at radius 1 is 1.07 bits per heavy atom. The normalized spacial score (nSPS) is 15.4. The fourth-order valence-corrected chi connectivity index (χ4v) is 4.34. The van der Waals surface area contributed by atoms with Gasteiger partial charge in [0, 0.05) is 7.05 Å². The molecule has 0 aliphatic carbocycles. The molecule has 4 rings (SSSR count). The van der Waals surface area contributed by atoms with Crippen molar-refractivity contribution in [3.8, 4) is 11.5 Å². The van der Waals surface area contributed by atoms with Crippen molar-refractivity contribution in [2.75, 3.05) is 14.2 Å². The van der Waals surface area contributed by atoms with Crippen LogP contribution in [-0.4, -0.2) is 29.3 Å². The Balaban J connectivity index is 1.56. The molecule has 4 nitrogen and oxygen atoms in total. The zero-order valence-corrected chi connectivity index (χ0v) is 17.7. The van der Waals surface area contributed by atoms with E-state index in [0.29, 0.717) is 27.3 Å². The number of methoxy groups -OCH3 is 1. The summed E-state index contributed by atoms with van der Waals surface area (Å²) in [5.74, 6) is 1.18. The lowest BCUT2D eigenvalue weighted by Crippen LogP contribution is -2.22. The van der Waals surface area contributed by atoms with E-state index >= 15 is 0 Å². The van der Waals surface area contributed by atoms with Crippen LogP contribution in [0.5, 0.6) is 11.5 Å². The summed E-state index contributed by atoms with van der Waals surface area (Å²) in [5.41, 5.74) is 1.97. The number of hydrogen-bond acceptors (Lipinski definition) is 5. The zero-order chi connectivity index (χ0) is 20.4. The van der Waals surface area contributed by atoms with Gasteiger partial charge in [0.1, 0.15) is 10.9 Å². The van der Waals surface area contributed by atoms with Gasteiger partial charge in [-0.3, -0.25) is 9.69 Å². The molecule has 1 amide bonds. The number of fused-ring (bicyclic) bond motifs is 1. The summed E-state index contributed by atoms with van der Waals surface area (Å²) in [4.78, 5) is 14.3. The van der Waals surface area contributed by atoms with Gasteiger partial charge in [-0.25, -0.2) is 0 Å². The van der Waals surface area contributed by atoms with Crippen LogP contribution in [0.1, 0.15) is 11.1 Å². The Morgan fingerprint density at radius 2 is 1.86 bits per heavy atom. The third-order valence-corrected chi connectivity index (χ3v) is 6.22. The van der Waals surface area contributed by atoms with Gasteiger partial charge in [-0.05, 0) is 40.1 Å². The molecule has 1 fully saturated rings. The number of likely N-dealkylation sites (N-methyl/N-ethyl adjacent to an activating group) is 1. The van der Waals surface area contributed by atoms with Crippen molar-refractivity contribution in [2.45, 2.75) is 6.61 Å². The van der Waals surface area contributed by atoms with Crippen LogP contribution in [0.2, 0.25) is 0 Å². The first kappa shape index (κ1) is 19.5. The topological polar surface area (TPSA) is 38.8 Å². The highest BCUT2D eigenvalue weighted by Gasteiger charge is 2.28. The molecule has 1 heterocycles. The molecule has 3 aromatic rings. The van der Waals surface area contributed by atoms with E-state index in [1.54, 1.807) is 14.2 Å². The van der Waals surface area contributed by atoms with E-state index in [4.69, 9.17) is 21.7 Å². The first-order chi connectivity index (χ1) is 14.1. The Kier molecular flexibility index (Phi) is 5.56. The van der Waals surface area contributed by atoms with Crippen LogP contribution in [0.3, 0.4) is 0 Å². The number of nitrogens with zero attached hydrogens (tertiary/aromatic N) is 1. The molecular weight excluding hydrogens is 402 g/mol. The molecule has 29 heavy (non-hydrogen) atoms. The number of rotatable bonds is 5. The van der Waals surface area contributed by atoms with Gasteiger partial charge >= 0.3 is 0 Å². The second-order valence-corrected chi connectivity index (χ2v) is 8.25. The van der Waals surface area contributed by atoms with E-state index in [9.17, 15) is 4.79 Å². The largest absolute Gasteiger partial charge is 0.493 e. The van der Waals surface area contributed by atoms with Crippen molar-refractivity contribution in [3.63, 3.8) is 0 Å². The summed E-state index contributed by atoms with van der Waals surface area (Å²) in [6.07, 6.45) is 1.82. The summed E-state index contributed by atoms with van der Waals surface area (Å²) in [6, 6.07) is 20.1. The minimum atomic E-state index is -0.0877. The average Bonchev–Trinajstić information content (AvgIpc) is 2.99. The van der Waals surface area contributed by atoms with Crippen LogP contribution in [0, 0.1) is 0 Å². The summed E-state index contributed by atoms with van der Waals surface area (Å²) >= 11 is 6.48. The molecule has 1 aliphatic rings. The van der Waals surface area contributed by atoms with Gasteiger partial charge < -0.3 is 9.47 Å². The molecule has 146 valence electrons. The van der Waals surface area contributed by atoms with E-state index in [-0.39, 0.29) is 5.91 Å². The third-order valence-electron chi connectivity index (χ3n) is 4.74. The summed E-state index contributed by atoms with van der Waals surface area (Å²) < 4.78 is 12.1. The highest BCUT2D eigenvalue weighted by atomic mass is 32.2. The number of carbonyl (C=O) groups is 1. The molecule has 0 N–H and O–H groups in total. The van der Waals surface area contributed by atoms with Gasteiger partial charge in [0.25, 0.3) is 5.91 Å². The van der Waals surface area contributed by atoms with Crippen LogP contribution in [0.4, 0.5) is 0 Å². The van der Waals surface area contributed by atoms with Crippen LogP contribution in [0.15, 0.2) is 65.6 Å². The van der Waals surface area contributed by atoms with Gasteiger partial charge in [-0.15, -0.1) is 0 Å².